The van der Waals surface area contributed by atoms with Gasteiger partial charge in [-0.2, -0.15) is 0 Å². The van der Waals surface area contributed by atoms with Crippen LogP contribution in [0.2, 0.25) is 0 Å². The molecular weight excluding hydrogens is 122 g/mol. The van der Waals surface area contributed by atoms with Crippen molar-refractivity contribution in [1.82, 2.24) is 0 Å². The smallest absolute Gasteiger partial charge is 0.0177 e. The number of allylic oxidation sites excluding steroid dienone is 3. The Bertz CT molecular complexity index is 160. The van der Waals surface area contributed by atoms with Gasteiger partial charge in [-0.05, 0) is 19.4 Å². The average molecular weight is 137 g/mol. The fourth-order valence-corrected chi connectivity index (χ4v) is 0.493. The minimum absolute atomic E-state index is 0.563. The van der Waals surface area contributed by atoms with Crippen LogP contribution in [0.1, 0.15) is 13.8 Å². The molecule has 0 unspecified atom stereocenters. The van der Waals surface area contributed by atoms with Gasteiger partial charge in [0, 0.05) is 6.54 Å². The van der Waals surface area contributed by atoms with Gasteiger partial charge in [0.05, 0.1) is 0 Å². The molecule has 10 heavy (non-hydrogen) atoms. The summed E-state index contributed by atoms with van der Waals surface area (Å²) >= 11 is 0. The van der Waals surface area contributed by atoms with E-state index in [-0.39, 0.29) is 0 Å². The summed E-state index contributed by atoms with van der Waals surface area (Å²) in [6.45, 7) is 8.29. The van der Waals surface area contributed by atoms with E-state index >= 15 is 0 Å². The summed E-state index contributed by atoms with van der Waals surface area (Å²) in [5.41, 5.74) is 7.74. The first-order valence-electron chi connectivity index (χ1n) is 3.37. The topological polar surface area (TPSA) is 26.0 Å². The van der Waals surface area contributed by atoms with Crippen molar-refractivity contribution in [2.75, 3.05) is 6.54 Å². The SMILES string of the molecule is C=CC(=CC=C(C)C)CN. The van der Waals surface area contributed by atoms with E-state index in [1.807, 2.05) is 26.0 Å². The summed E-state index contributed by atoms with van der Waals surface area (Å²) in [5.74, 6) is 0. The second kappa shape index (κ2) is 5.00. The molecule has 0 aliphatic carbocycles. The summed E-state index contributed by atoms with van der Waals surface area (Å²) in [6.07, 6.45) is 5.80. The molecule has 0 spiro atoms. The molecule has 56 valence electrons. The average Bonchev–Trinajstić information content (AvgIpc) is 1.90. The van der Waals surface area contributed by atoms with Gasteiger partial charge in [0.2, 0.25) is 0 Å². The maximum Gasteiger partial charge on any atom is 0.0177 e. The van der Waals surface area contributed by atoms with E-state index in [1.54, 1.807) is 6.08 Å². The Kier molecular flexibility index (Phi) is 4.59. The molecule has 1 heteroatoms. The molecular formula is C9H15N. The highest BCUT2D eigenvalue weighted by atomic mass is 14.5. The summed E-state index contributed by atoms with van der Waals surface area (Å²) in [4.78, 5) is 0. The lowest BCUT2D eigenvalue weighted by atomic mass is 10.2. The standard InChI is InChI=1S/C9H15N/c1-4-9(7-10)6-5-8(2)3/h4-6H,1,7,10H2,2-3H3. The molecule has 1 nitrogen and oxygen atoms in total. The van der Waals surface area contributed by atoms with Crippen LogP contribution in [0.4, 0.5) is 0 Å². The fourth-order valence-electron chi connectivity index (χ4n) is 0.493. The maximum atomic E-state index is 5.40. The normalized spacial score (nSPS) is 10.9. The Hall–Kier alpha value is -0.820. The molecule has 0 amide bonds. The van der Waals surface area contributed by atoms with Crippen molar-refractivity contribution >= 4 is 0 Å². The highest BCUT2D eigenvalue weighted by Crippen LogP contribution is 1.95. The van der Waals surface area contributed by atoms with Gasteiger partial charge in [-0.15, -0.1) is 0 Å². The molecule has 0 aliphatic heterocycles. The summed E-state index contributed by atoms with van der Waals surface area (Å²) in [7, 11) is 0. The van der Waals surface area contributed by atoms with Crippen LogP contribution in [0.15, 0.2) is 36.0 Å². The third-order valence-corrected chi connectivity index (χ3v) is 1.13. The monoisotopic (exact) mass is 137 g/mol. The van der Waals surface area contributed by atoms with Crippen molar-refractivity contribution in [3.8, 4) is 0 Å². The first kappa shape index (κ1) is 9.18. The molecule has 0 fully saturated rings. The Morgan fingerprint density at radius 2 is 2.00 bits per heavy atom. The van der Waals surface area contributed by atoms with Crippen molar-refractivity contribution in [3.63, 3.8) is 0 Å². The van der Waals surface area contributed by atoms with E-state index in [2.05, 4.69) is 6.58 Å². The zero-order valence-electron chi connectivity index (χ0n) is 6.72. The van der Waals surface area contributed by atoms with Gasteiger partial charge in [-0.3, -0.25) is 0 Å². The molecule has 0 radical (unpaired) electrons. The van der Waals surface area contributed by atoms with Gasteiger partial charge in [-0.1, -0.05) is 30.4 Å². The van der Waals surface area contributed by atoms with E-state index in [0.717, 1.165) is 5.57 Å². The predicted molar refractivity (Wildman–Crippen MR) is 46.8 cm³/mol. The summed E-state index contributed by atoms with van der Waals surface area (Å²) in [6, 6.07) is 0. The van der Waals surface area contributed by atoms with Crippen LogP contribution in [-0.2, 0) is 0 Å². The molecule has 0 aromatic carbocycles. The van der Waals surface area contributed by atoms with Gasteiger partial charge >= 0.3 is 0 Å². The van der Waals surface area contributed by atoms with E-state index in [1.165, 1.54) is 5.57 Å². The third kappa shape index (κ3) is 4.10. The molecule has 0 heterocycles. The van der Waals surface area contributed by atoms with Crippen molar-refractivity contribution in [3.05, 3.63) is 36.0 Å². The van der Waals surface area contributed by atoms with Gasteiger partial charge in [0.1, 0.15) is 0 Å². The lowest BCUT2D eigenvalue weighted by Gasteiger charge is -1.92. The van der Waals surface area contributed by atoms with Crippen LogP contribution in [-0.4, -0.2) is 6.54 Å². The number of rotatable bonds is 3. The predicted octanol–water partition coefficient (Wildman–Crippen LogP) is 2.02. The van der Waals surface area contributed by atoms with Crippen LogP contribution in [0.5, 0.6) is 0 Å². The first-order chi connectivity index (χ1) is 4.70. The van der Waals surface area contributed by atoms with E-state index in [9.17, 15) is 0 Å². The molecule has 0 saturated heterocycles. The van der Waals surface area contributed by atoms with Crippen molar-refractivity contribution in [2.45, 2.75) is 13.8 Å². The highest BCUT2D eigenvalue weighted by Gasteiger charge is 1.81. The number of hydrogen-bond acceptors (Lipinski definition) is 1. The maximum absolute atomic E-state index is 5.40. The van der Waals surface area contributed by atoms with Crippen LogP contribution in [0, 0.1) is 0 Å². The van der Waals surface area contributed by atoms with Crippen molar-refractivity contribution in [2.24, 2.45) is 5.73 Å². The van der Waals surface area contributed by atoms with Crippen molar-refractivity contribution < 1.29 is 0 Å². The van der Waals surface area contributed by atoms with Gasteiger partial charge in [-0.25, -0.2) is 0 Å². The fraction of sp³-hybridized carbons (Fsp3) is 0.333. The first-order valence-corrected chi connectivity index (χ1v) is 3.37. The molecule has 0 aromatic heterocycles. The minimum Gasteiger partial charge on any atom is -0.326 e. The van der Waals surface area contributed by atoms with Gasteiger partial charge in [0.15, 0.2) is 0 Å². The number of nitrogens with two attached hydrogens (primary N) is 1. The van der Waals surface area contributed by atoms with E-state index in [0.29, 0.717) is 6.54 Å². The summed E-state index contributed by atoms with van der Waals surface area (Å²) in [5, 5.41) is 0. The van der Waals surface area contributed by atoms with Gasteiger partial charge in [0.25, 0.3) is 0 Å². The van der Waals surface area contributed by atoms with Gasteiger partial charge < -0.3 is 5.73 Å². The Labute approximate surface area is 62.9 Å². The zero-order valence-corrected chi connectivity index (χ0v) is 6.72. The molecule has 0 aromatic rings. The van der Waals surface area contributed by atoms with Crippen LogP contribution < -0.4 is 5.73 Å². The van der Waals surface area contributed by atoms with Crippen molar-refractivity contribution in [1.29, 1.82) is 0 Å². The van der Waals surface area contributed by atoms with E-state index in [4.69, 9.17) is 5.73 Å². The zero-order chi connectivity index (χ0) is 7.98. The molecule has 0 bridgehead atoms. The van der Waals surface area contributed by atoms with E-state index < -0.39 is 0 Å². The Morgan fingerprint density at radius 3 is 2.30 bits per heavy atom. The molecule has 0 rings (SSSR count). The van der Waals surface area contributed by atoms with Crippen LogP contribution in [0.25, 0.3) is 0 Å². The van der Waals surface area contributed by atoms with Crippen LogP contribution in [0.3, 0.4) is 0 Å². The molecule has 2 N–H and O–H groups in total. The quantitative estimate of drug-likeness (QED) is 0.592. The molecule has 0 atom stereocenters. The third-order valence-electron chi connectivity index (χ3n) is 1.13. The number of hydrogen-bond donors (Lipinski definition) is 1. The molecule has 0 aliphatic rings. The van der Waals surface area contributed by atoms with Crippen LogP contribution >= 0.6 is 0 Å². The minimum atomic E-state index is 0.563. The Balaban J connectivity index is 4.12. The lowest BCUT2D eigenvalue weighted by molar-refractivity contribution is 1.19. The second-order valence-electron chi connectivity index (χ2n) is 2.39. The highest BCUT2D eigenvalue weighted by molar-refractivity contribution is 5.24. The molecule has 0 saturated carbocycles. The Morgan fingerprint density at radius 1 is 1.40 bits per heavy atom. The lowest BCUT2D eigenvalue weighted by Crippen LogP contribution is -1.99. The largest absolute Gasteiger partial charge is 0.326 e. The second-order valence-corrected chi connectivity index (χ2v) is 2.39. The summed E-state index contributed by atoms with van der Waals surface area (Å²) < 4.78 is 0.